The normalized spacial score (nSPS) is 14.3. The lowest BCUT2D eigenvalue weighted by molar-refractivity contribution is 0.743. The van der Waals surface area contributed by atoms with Crippen molar-refractivity contribution in [2.45, 2.75) is 16.9 Å². The third-order valence-electron chi connectivity index (χ3n) is 1.77. The van der Waals surface area contributed by atoms with Crippen molar-refractivity contribution >= 4 is 40.0 Å². The zero-order valence-corrected chi connectivity index (χ0v) is 10.2. The molecule has 0 aliphatic heterocycles. The average molecular weight is 303 g/mol. The molecule has 0 fully saturated rings. The fraction of sp³-hybridized carbons (Fsp3) is 0.300. The molecule has 2 unspecified atom stereocenters. The predicted octanol–water partition coefficient (Wildman–Crippen LogP) is 3.65. The van der Waals surface area contributed by atoms with Gasteiger partial charge in [0.2, 0.25) is 0 Å². The Bertz CT molecular complexity index is 304. The van der Waals surface area contributed by atoms with Gasteiger partial charge in [0.25, 0.3) is 0 Å². The number of rotatable bonds is 3. The zero-order valence-electron chi connectivity index (χ0n) is 7.27. The number of halogens is 1. The molecule has 0 saturated carbocycles. The highest BCUT2D eigenvalue weighted by Crippen LogP contribution is 2.25. The van der Waals surface area contributed by atoms with Crippen LogP contribution in [0.2, 0.25) is 0 Å². The van der Waals surface area contributed by atoms with Crippen molar-refractivity contribution in [3.05, 3.63) is 35.9 Å². The lowest BCUT2D eigenvalue weighted by Crippen LogP contribution is -2.05. The van der Waals surface area contributed by atoms with Crippen LogP contribution in [0.5, 0.6) is 0 Å². The lowest BCUT2D eigenvalue weighted by atomic mass is 10.1. The molecule has 2 atom stereocenters. The van der Waals surface area contributed by atoms with Crippen LogP contribution >= 0.6 is 34.8 Å². The molecule has 1 aromatic rings. The maximum absolute atomic E-state index is 4.63. The molecule has 68 valence electrons. The summed E-state index contributed by atoms with van der Waals surface area (Å²) < 4.78 is 0.426. The molecule has 0 bridgehead atoms. The number of nitrogens with zero attached hydrogens (tertiary/aromatic N) is 1. The Labute approximate surface area is 97.4 Å². The van der Waals surface area contributed by atoms with E-state index in [-0.39, 0.29) is 6.04 Å². The summed E-state index contributed by atoms with van der Waals surface area (Å²) in [6, 6.07) is 10.3. The Morgan fingerprint density at radius 2 is 2.00 bits per heavy atom. The molecule has 0 N–H and O–H groups in total. The van der Waals surface area contributed by atoms with Gasteiger partial charge in [-0.25, -0.2) is 4.99 Å². The van der Waals surface area contributed by atoms with Gasteiger partial charge >= 0.3 is 0 Å². The first kappa shape index (κ1) is 10.8. The highest BCUT2D eigenvalue weighted by molar-refractivity contribution is 14.1. The summed E-state index contributed by atoms with van der Waals surface area (Å²) in [5, 5.41) is 2.45. The van der Waals surface area contributed by atoms with E-state index in [0.717, 1.165) is 0 Å². The molecule has 13 heavy (non-hydrogen) atoms. The maximum atomic E-state index is 4.63. The number of alkyl halides is 1. The van der Waals surface area contributed by atoms with Gasteiger partial charge in [0.1, 0.15) is 0 Å². The minimum Gasteiger partial charge on any atom is -0.223 e. The first-order valence-corrected chi connectivity index (χ1v) is 5.67. The number of thiocarbonyl (C=S) groups is 1. The maximum Gasteiger partial charge on any atom is 0.0966 e. The average Bonchev–Trinajstić information content (AvgIpc) is 2.15. The van der Waals surface area contributed by atoms with E-state index in [4.69, 9.17) is 0 Å². The van der Waals surface area contributed by atoms with E-state index in [1.807, 2.05) is 18.2 Å². The van der Waals surface area contributed by atoms with Crippen molar-refractivity contribution in [1.82, 2.24) is 0 Å². The van der Waals surface area contributed by atoms with Crippen molar-refractivity contribution in [2.24, 2.45) is 4.99 Å². The lowest BCUT2D eigenvalue weighted by Gasteiger charge is -2.13. The second kappa shape index (κ2) is 5.47. The molecule has 1 nitrogen and oxygen atoms in total. The molecule has 3 heteroatoms. The molecule has 0 radical (unpaired) electrons. The molecule has 0 amide bonds. The van der Waals surface area contributed by atoms with Crippen LogP contribution in [-0.2, 0) is 0 Å². The minimum atomic E-state index is 0.138. The summed E-state index contributed by atoms with van der Waals surface area (Å²) in [5.41, 5.74) is 1.20. The Morgan fingerprint density at radius 1 is 1.38 bits per heavy atom. The van der Waals surface area contributed by atoms with Crippen LogP contribution in [-0.4, -0.2) is 9.09 Å². The summed E-state index contributed by atoms with van der Waals surface area (Å²) in [5.74, 6) is 0. The second-order valence-electron chi connectivity index (χ2n) is 2.75. The van der Waals surface area contributed by atoms with Gasteiger partial charge in [-0.1, -0.05) is 59.8 Å². The summed E-state index contributed by atoms with van der Waals surface area (Å²) in [6.07, 6.45) is 0. The molecule has 0 aliphatic carbocycles. The molecular formula is C10H10INS. The fourth-order valence-electron chi connectivity index (χ4n) is 1.15. The van der Waals surface area contributed by atoms with E-state index >= 15 is 0 Å². The van der Waals surface area contributed by atoms with Crippen molar-refractivity contribution in [2.75, 3.05) is 0 Å². The molecule has 0 saturated heterocycles. The van der Waals surface area contributed by atoms with Gasteiger partial charge in [0.15, 0.2) is 0 Å². The van der Waals surface area contributed by atoms with E-state index in [0.29, 0.717) is 3.92 Å². The number of hydrogen-bond donors (Lipinski definition) is 0. The third kappa shape index (κ3) is 3.18. The van der Waals surface area contributed by atoms with E-state index in [2.05, 4.69) is 64.0 Å². The van der Waals surface area contributed by atoms with Gasteiger partial charge < -0.3 is 0 Å². The fourth-order valence-corrected chi connectivity index (χ4v) is 1.84. The molecule has 0 aromatic heterocycles. The molecule has 0 heterocycles. The third-order valence-corrected chi connectivity index (χ3v) is 2.55. The van der Waals surface area contributed by atoms with Crippen LogP contribution in [0.1, 0.15) is 18.5 Å². The highest BCUT2D eigenvalue weighted by Gasteiger charge is 2.14. The molecule has 0 aliphatic rings. The monoisotopic (exact) mass is 303 g/mol. The topological polar surface area (TPSA) is 12.4 Å². The van der Waals surface area contributed by atoms with Crippen LogP contribution in [0.15, 0.2) is 35.3 Å². The van der Waals surface area contributed by atoms with Gasteiger partial charge in [0, 0.05) is 3.92 Å². The smallest absolute Gasteiger partial charge is 0.0966 e. The van der Waals surface area contributed by atoms with E-state index in [1.165, 1.54) is 5.56 Å². The Balaban J connectivity index is 2.95. The van der Waals surface area contributed by atoms with Crippen molar-refractivity contribution in [1.29, 1.82) is 0 Å². The van der Waals surface area contributed by atoms with Crippen LogP contribution < -0.4 is 0 Å². The van der Waals surface area contributed by atoms with Crippen LogP contribution in [0.3, 0.4) is 0 Å². The summed E-state index contributed by atoms with van der Waals surface area (Å²) in [7, 11) is 0. The Kier molecular flexibility index (Phi) is 4.56. The largest absolute Gasteiger partial charge is 0.223 e. The van der Waals surface area contributed by atoms with Crippen molar-refractivity contribution < 1.29 is 0 Å². The number of aliphatic imine (C=N–C) groups is 1. The van der Waals surface area contributed by atoms with Crippen LogP contribution in [0.4, 0.5) is 0 Å². The highest BCUT2D eigenvalue weighted by atomic mass is 127. The van der Waals surface area contributed by atoms with E-state index in [9.17, 15) is 0 Å². The van der Waals surface area contributed by atoms with E-state index in [1.54, 1.807) is 0 Å². The zero-order chi connectivity index (χ0) is 9.68. The SMILES string of the molecule is CC(I)C(N=C=S)c1ccccc1. The first-order chi connectivity index (χ1) is 6.25. The molecule has 0 spiro atoms. The summed E-state index contributed by atoms with van der Waals surface area (Å²) in [4.78, 5) is 4.15. The molecule has 1 aromatic carbocycles. The Morgan fingerprint density at radius 3 is 2.46 bits per heavy atom. The van der Waals surface area contributed by atoms with Crippen molar-refractivity contribution in [3.8, 4) is 0 Å². The molecule has 1 rings (SSSR count). The van der Waals surface area contributed by atoms with Crippen LogP contribution in [0, 0.1) is 0 Å². The molecular weight excluding hydrogens is 293 g/mol. The van der Waals surface area contributed by atoms with Gasteiger partial charge in [-0.3, -0.25) is 0 Å². The van der Waals surface area contributed by atoms with Gasteiger partial charge in [-0.05, 0) is 17.8 Å². The summed E-state index contributed by atoms with van der Waals surface area (Å²) >= 11 is 6.98. The minimum absolute atomic E-state index is 0.138. The summed E-state index contributed by atoms with van der Waals surface area (Å²) in [6.45, 7) is 2.12. The van der Waals surface area contributed by atoms with Crippen molar-refractivity contribution in [3.63, 3.8) is 0 Å². The van der Waals surface area contributed by atoms with Gasteiger partial charge in [-0.2, -0.15) is 0 Å². The van der Waals surface area contributed by atoms with Gasteiger partial charge in [-0.15, -0.1) is 0 Å². The second-order valence-corrected chi connectivity index (χ2v) is 4.90. The quantitative estimate of drug-likeness (QED) is 0.359. The van der Waals surface area contributed by atoms with E-state index < -0.39 is 0 Å². The Hall–Kier alpha value is -0.250. The van der Waals surface area contributed by atoms with Crippen LogP contribution in [0.25, 0.3) is 0 Å². The first-order valence-electron chi connectivity index (χ1n) is 4.01. The number of isothiocyanates is 1. The van der Waals surface area contributed by atoms with Gasteiger partial charge in [0.05, 0.1) is 11.2 Å². The standard InChI is InChI=1S/C10H10INS/c1-8(11)10(12-7-13)9-5-3-2-4-6-9/h2-6,8,10H,1H3. The number of benzene rings is 1. The predicted molar refractivity (Wildman–Crippen MR) is 67.7 cm³/mol. The number of hydrogen-bond acceptors (Lipinski definition) is 2.